The van der Waals surface area contributed by atoms with Crippen LogP contribution in [0.4, 0.5) is 0 Å². The highest BCUT2D eigenvalue weighted by molar-refractivity contribution is 5.91. The molecule has 1 aliphatic carbocycles. The van der Waals surface area contributed by atoms with Crippen LogP contribution in [0.25, 0.3) is 0 Å². The number of carbonyl (C=O) groups is 1. The highest BCUT2D eigenvalue weighted by atomic mass is 16.6. The first-order valence-electron chi connectivity index (χ1n) is 6.51. The van der Waals surface area contributed by atoms with Gasteiger partial charge in [-0.1, -0.05) is 24.8 Å². The molecule has 1 heterocycles. The average molecular weight is 264 g/mol. The Kier molecular flexibility index (Phi) is 3.92. The maximum Gasteiger partial charge on any atom is 0.334 e. The molecule has 4 nitrogen and oxygen atoms in total. The van der Waals surface area contributed by atoms with Gasteiger partial charge in [-0.25, -0.2) is 4.79 Å². The summed E-state index contributed by atoms with van der Waals surface area (Å²) in [5.41, 5.74) is 1.91. The number of fused-ring (bicyclic) bond motifs is 1. The van der Waals surface area contributed by atoms with Gasteiger partial charge in [-0.3, -0.25) is 0 Å². The van der Waals surface area contributed by atoms with Crippen LogP contribution in [0.2, 0.25) is 0 Å². The van der Waals surface area contributed by atoms with Crippen LogP contribution in [0.5, 0.6) is 0 Å². The summed E-state index contributed by atoms with van der Waals surface area (Å²) in [6, 6.07) is 0. The van der Waals surface area contributed by atoms with Crippen LogP contribution in [-0.4, -0.2) is 34.5 Å². The van der Waals surface area contributed by atoms with Crippen LogP contribution in [0.15, 0.2) is 36.0 Å². The third kappa shape index (κ3) is 2.80. The van der Waals surface area contributed by atoms with Gasteiger partial charge in [0.25, 0.3) is 0 Å². The number of ether oxygens (including phenoxy) is 1. The minimum atomic E-state index is -0.785. The Morgan fingerprint density at radius 3 is 2.74 bits per heavy atom. The lowest BCUT2D eigenvalue weighted by Crippen LogP contribution is -2.30. The molecule has 0 bridgehead atoms. The van der Waals surface area contributed by atoms with E-state index in [4.69, 9.17) is 4.74 Å². The first-order chi connectivity index (χ1) is 8.90. The van der Waals surface area contributed by atoms with Crippen LogP contribution in [0.1, 0.15) is 26.2 Å². The fraction of sp³-hybridized carbons (Fsp3) is 0.533. The van der Waals surface area contributed by atoms with E-state index in [2.05, 4.69) is 13.2 Å². The Labute approximate surface area is 113 Å². The molecular weight excluding hydrogens is 244 g/mol. The van der Waals surface area contributed by atoms with E-state index in [1.54, 1.807) is 6.08 Å². The average Bonchev–Trinajstić information content (AvgIpc) is 2.60. The molecule has 2 aliphatic rings. The molecule has 2 rings (SSSR count). The zero-order valence-corrected chi connectivity index (χ0v) is 11.1. The standard InChI is InChI=1S/C15H20O4/c1-8-4-5-11(16)9(2)7-13-14(12(17)6-8)10(3)15(18)19-13/h6,11-14,16-17H,2-5,7H2,1H3/b8-6+/t11-,12-,13+,14-/m1/s1. The summed E-state index contributed by atoms with van der Waals surface area (Å²) < 4.78 is 5.23. The number of esters is 1. The van der Waals surface area contributed by atoms with Crippen molar-refractivity contribution in [3.63, 3.8) is 0 Å². The number of rotatable bonds is 0. The van der Waals surface area contributed by atoms with Gasteiger partial charge < -0.3 is 14.9 Å². The Bertz CT molecular complexity index is 449. The number of hydrogen-bond donors (Lipinski definition) is 2. The summed E-state index contributed by atoms with van der Waals surface area (Å²) in [5, 5.41) is 20.2. The number of allylic oxidation sites excluding steroid dienone is 1. The summed E-state index contributed by atoms with van der Waals surface area (Å²) >= 11 is 0. The molecular formula is C15H20O4. The van der Waals surface area contributed by atoms with E-state index < -0.39 is 30.2 Å². The van der Waals surface area contributed by atoms with E-state index >= 15 is 0 Å². The smallest absolute Gasteiger partial charge is 0.334 e. The second-order valence-corrected chi connectivity index (χ2v) is 5.42. The summed E-state index contributed by atoms with van der Waals surface area (Å²) in [6.07, 6.45) is 1.47. The number of aliphatic hydroxyl groups is 2. The van der Waals surface area contributed by atoms with Crippen molar-refractivity contribution in [1.82, 2.24) is 0 Å². The number of carbonyl (C=O) groups excluding carboxylic acids is 1. The van der Waals surface area contributed by atoms with Crippen molar-refractivity contribution in [2.45, 2.75) is 44.5 Å². The summed E-state index contributed by atoms with van der Waals surface area (Å²) in [7, 11) is 0. The van der Waals surface area contributed by atoms with E-state index in [9.17, 15) is 15.0 Å². The predicted molar refractivity (Wildman–Crippen MR) is 71.3 cm³/mol. The van der Waals surface area contributed by atoms with Crippen LogP contribution < -0.4 is 0 Å². The highest BCUT2D eigenvalue weighted by Gasteiger charge is 2.42. The lowest BCUT2D eigenvalue weighted by Gasteiger charge is -2.25. The highest BCUT2D eigenvalue weighted by Crippen LogP contribution is 2.35. The van der Waals surface area contributed by atoms with Crippen molar-refractivity contribution in [1.29, 1.82) is 0 Å². The maximum absolute atomic E-state index is 11.6. The Balaban J connectivity index is 2.33. The first kappa shape index (κ1) is 14.0. The van der Waals surface area contributed by atoms with Gasteiger partial charge in [0.15, 0.2) is 0 Å². The molecule has 0 aromatic carbocycles. The van der Waals surface area contributed by atoms with E-state index in [1.165, 1.54) is 0 Å². The predicted octanol–water partition coefficient (Wildman–Crippen LogP) is 1.49. The van der Waals surface area contributed by atoms with Gasteiger partial charge in [0.1, 0.15) is 6.10 Å². The molecule has 0 aromatic rings. The third-order valence-corrected chi connectivity index (χ3v) is 3.89. The minimum Gasteiger partial charge on any atom is -0.458 e. The van der Waals surface area contributed by atoms with Crippen molar-refractivity contribution >= 4 is 5.97 Å². The van der Waals surface area contributed by atoms with E-state index in [-0.39, 0.29) is 0 Å². The van der Waals surface area contributed by atoms with Gasteiger partial charge in [-0.05, 0) is 25.3 Å². The molecule has 0 radical (unpaired) electrons. The molecule has 4 atom stereocenters. The Morgan fingerprint density at radius 1 is 1.37 bits per heavy atom. The van der Waals surface area contributed by atoms with Crippen LogP contribution in [0, 0.1) is 5.92 Å². The Hall–Kier alpha value is -1.39. The molecule has 2 N–H and O–H groups in total. The van der Waals surface area contributed by atoms with Crippen molar-refractivity contribution < 1.29 is 19.7 Å². The molecule has 0 unspecified atom stereocenters. The monoisotopic (exact) mass is 264 g/mol. The summed E-state index contributed by atoms with van der Waals surface area (Å²) in [4.78, 5) is 11.6. The van der Waals surface area contributed by atoms with Gasteiger partial charge in [-0.15, -0.1) is 0 Å². The third-order valence-electron chi connectivity index (χ3n) is 3.89. The maximum atomic E-state index is 11.6. The van der Waals surface area contributed by atoms with Crippen molar-refractivity contribution in [2.24, 2.45) is 5.92 Å². The van der Waals surface area contributed by atoms with Crippen molar-refractivity contribution in [3.05, 3.63) is 36.0 Å². The van der Waals surface area contributed by atoms with Gasteiger partial charge in [-0.2, -0.15) is 0 Å². The zero-order chi connectivity index (χ0) is 14.2. The summed E-state index contributed by atoms with van der Waals surface area (Å²) in [5.74, 6) is -0.925. The topological polar surface area (TPSA) is 66.8 Å². The lowest BCUT2D eigenvalue weighted by atomic mass is 9.84. The second-order valence-electron chi connectivity index (χ2n) is 5.42. The summed E-state index contributed by atoms with van der Waals surface area (Å²) in [6.45, 7) is 9.47. The van der Waals surface area contributed by atoms with Gasteiger partial charge in [0, 0.05) is 12.0 Å². The van der Waals surface area contributed by atoms with Crippen LogP contribution in [-0.2, 0) is 9.53 Å². The Morgan fingerprint density at radius 2 is 2.05 bits per heavy atom. The molecule has 4 heteroatoms. The molecule has 0 amide bonds. The van der Waals surface area contributed by atoms with E-state index in [0.717, 1.165) is 5.57 Å². The largest absolute Gasteiger partial charge is 0.458 e. The van der Waals surface area contributed by atoms with Gasteiger partial charge in [0.05, 0.1) is 18.1 Å². The zero-order valence-electron chi connectivity index (χ0n) is 11.1. The molecule has 1 fully saturated rings. The molecule has 0 aromatic heterocycles. The second kappa shape index (κ2) is 5.31. The number of hydrogen-bond acceptors (Lipinski definition) is 4. The molecule has 1 aliphatic heterocycles. The van der Waals surface area contributed by atoms with Crippen LogP contribution >= 0.6 is 0 Å². The molecule has 19 heavy (non-hydrogen) atoms. The number of aliphatic hydroxyl groups excluding tert-OH is 2. The SMILES string of the molecule is C=C1C(=O)O[C@H]2CC(=C)[C@H](O)CC/C(C)=C/[C@@H](O)[C@@H]12. The molecule has 0 spiro atoms. The fourth-order valence-corrected chi connectivity index (χ4v) is 2.68. The van der Waals surface area contributed by atoms with Gasteiger partial charge in [0.2, 0.25) is 0 Å². The van der Waals surface area contributed by atoms with Gasteiger partial charge >= 0.3 is 5.97 Å². The quantitative estimate of drug-likeness (QED) is 0.395. The fourth-order valence-electron chi connectivity index (χ4n) is 2.68. The van der Waals surface area contributed by atoms with E-state index in [0.29, 0.717) is 30.4 Å². The van der Waals surface area contributed by atoms with Crippen LogP contribution in [0.3, 0.4) is 0 Å². The lowest BCUT2D eigenvalue weighted by molar-refractivity contribution is -0.139. The molecule has 104 valence electrons. The molecule has 0 saturated carbocycles. The minimum absolute atomic E-state index is 0.296. The normalized spacial score (nSPS) is 39.3. The first-order valence-corrected chi connectivity index (χ1v) is 6.51. The van der Waals surface area contributed by atoms with Crippen molar-refractivity contribution in [2.75, 3.05) is 0 Å². The van der Waals surface area contributed by atoms with E-state index in [1.807, 2.05) is 6.92 Å². The van der Waals surface area contributed by atoms with Crippen molar-refractivity contribution in [3.8, 4) is 0 Å². The molecule has 1 saturated heterocycles.